The first kappa shape index (κ1) is 26.1. The van der Waals surface area contributed by atoms with E-state index in [9.17, 15) is 26.8 Å². The van der Waals surface area contributed by atoms with Crippen molar-refractivity contribution in [2.45, 2.75) is 38.1 Å². The highest BCUT2D eigenvalue weighted by Crippen LogP contribution is 2.26. The van der Waals surface area contributed by atoms with Gasteiger partial charge in [0, 0.05) is 25.1 Å². The predicted molar refractivity (Wildman–Crippen MR) is 130 cm³/mol. The normalized spacial score (nSPS) is 15.9. The highest BCUT2D eigenvalue weighted by Gasteiger charge is 2.32. The van der Waals surface area contributed by atoms with E-state index in [0.29, 0.717) is 6.07 Å². The molecule has 2 aromatic carbocycles. The number of aromatic nitrogens is 1. The lowest BCUT2D eigenvalue weighted by Crippen LogP contribution is -2.40. The Balaban J connectivity index is 1.57. The third-order valence-electron chi connectivity index (χ3n) is 5.96. The molecule has 1 saturated heterocycles. The number of rotatable bonds is 6. The Hall–Kier alpha value is -2.96. The molecule has 1 fully saturated rings. The first-order valence-corrected chi connectivity index (χ1v) is 13.6. The summed E-state index contributed by atoms with van der Waals surface area (Å²) < 4.78 is 61.9. The van der Waals surface area contributed by atoms with Crippen molar-refractivity contribution < 1.29 is 31.5 Å². The zero-order chi connectivity index (χ0) is 26.0. The third kappa shape index (κ3) is 5.40. The number of hydrogen-bond donors (Lipinski definition) is 0. The molecule has 0 spiro atoms. The van der Waals surface area contributed by atoms with E-state index in [1.165, 1.54) is 8.87 Å². The third-order valence-corrected chi connectivity index (χ3v) is 8.89. The molecule has 0 N–H and O–H groups in total. The summed E-state index contributed by atoms with van der Waals surface area (Å²) in [5.74, 6) is -3.37. The summed E-state index contributed by atoms with van der Waals surface area (Å²) in [7, 11) is -3.68. The first-order chi connectivity index (χ1) is 17.1. The molecule has 0 radical (unpaired) electrons. The molecule has 0 atom stereocenters. The van der Waals surface area contributed by atoms with Crippen LogP contribution in [0.1, 0.15) is 25.3 Å². The summed E-state index contributed by atoms with van der Waals surface area (Å²) in [5.41, 5.74) is 0.906. The Kier molecular flexibility index (Phi) is 7.67. The number of halogens is 2. The van der Waals surface area contributed by atoms with E-state index < -0.39 is 46.0 Å². The molecule has 12 heteroatoms. The summed E-state index contributed by atoms with van der Waals surface area (Å²) in [6.07, 6.45) is 0.526. The second-order valence-electron chi connectivity index (χ2n) is 8.45. The van der Waals surface area contributed by atoms with Crippen LogP contribution in [-0.4, -0.2) is 48.9 Å². The van der Waals surface area contributed by atoms with E-state index in [0.717, 1.165) is 23.0 Å². The molecule has 1 aromatic heterocycles. The standard InChI is InChI=1S/C24H25F2N3O5S2/c1-3-34-21(30)14-29-22-19(26)12-17(25)13-20(22)35-24(29)27-23(31)16-8-10-28(11-9-16)36(32,33)18-6-4-15(2)5-7-18/h4-7,12-13,16H,3,8-11,14H2,1-2H3. The van der Waals surface area contributed by atoms with Gasteiger partial charge >= 0.3 is 5.97 Å². The van der Waals surface area contributed by atoms with Crippen molar-refractivity contribution in [1.82, 2.24) is 8.87 Å². The minimum atomic E-state index is -3.68. The SMILES string of the molecule is CCOC(=O)Cn1c(=NC(=O)C2CCN(S(=O)(=O)c3ccc(C)cc3)CC2)sc2cc(F)cc(F)c21. The van der Waals surface area contributed by atoms with Gasteiger partial charge in [-0.15, -0.1) is 0 Å². The van der Waals surface area contributed by atoms with Gasteiger partial charge in [0.25, 0.3) is 5.91 Å². The second kappa shape index (κ2) is 10.6. The molecule has 0 unspecified atom stereocenters. The molecular formula is C24H25F2N3O5S2. The molecule has 0 bridgehead atoms. The fourth-order valence-electron chi connectivity index (χ4n) is 4.08. The van der Waals surface area contributed by atoms with E-state index in [1.54, 1.807) is 31.2 Å². The highest BCUT2D eigenvalue weighted by molar-refractivity contribution is 7.89. The number of ether oxygens (including phenoxy) is 1. The zero-order valence-electron chi connectivity index (χ0n) is 19.7. The van der Waals surface area contributed by atoms with Crippen LogP contribution in [0.25, 0.3) is 10.2 Å². The number of carbonyl (C=O) groups is 2. The van der Waals surface area contributed by atoms with Gasteiger partial charge in [-0.2, -0.15) is 9.30 Å². The Morgan fingerprint density at radius 3 is 2.44 bits per heavy atom. The van der Waals surface area contributed by atoms with Crippen molar-refractivity contribution in [3.8, 4) is 0 Å². The Morgan fingerprint density at radius 1 is 1.14 bits per heavy atom. The molecule has 8 nitrogen and oxygen atoms in total. The van der Waals surface area contributed by atoms with Crippen LogP contribution < -0.4 is 4.80 Å². The van der Waals surface area contributed by atoms with E-state index in [4.69, 9.17) is 4.74 Å². The summed E-state index contributed by atoms with van der Waals surface area (Å²) in [5, 5.41) is 0. The number of amides is 1. The van der Waals surface area contributed by atoms with Gasteiger partial charge in [0.15, 0.2) is 10.6 Å². The molecule has 1 aliphatic rings. The highest BCUT2D eigenvalue weighted by atomic mass is 32.2. The van der Waals surface area contributed by atoms with E-state index >= 15 is 0 Å². The van der Waals surface area contributed by atoms with Crippen molar-refractivity contribution >= 4 is 43.5 Å². The van der Waals surface area contributed by atoms with Crippen LogP contribution >= 0.6 is 11.3 Å². The lowest BCUT2D eigenvalue weighted by molar-refractivity contribution is -0.143. The van der Waals surface area contributed by atoms with Gasteiger partial charge < -0.3 is 9.30 Å². The molecule has 2 heterocycles. The molecule has 36 heavy (non-hydrogen) atoms. The number of fused-ring (bicyclic) bond motifs is 1. The van der Waals surface area contributed by atoms with Crippen LogP contribution in [0.4, 0.5) is 8.78 Å². The summed E-state index contributed by atoms with van der Waals surface area (Å²) in [4.78, 5) is 29.5. The number of nitrogens with zero attached hydrogens (tertiary/aromatic N) is 3. The number of carbonyl (C=O) groups excluding carboxylic acids is 2. The Morgan fingerprint density at radius 2 is 1.81 bits per heavy atom. The van der Waals surface area contributed by atoms with Crippen LogP contribution in [-0.2, 0) is 30.9 Å². The fourth-order valence-corrected chi connectivity index (χ4v) is 6.63. The number of sulfonamides is 1. The van der Waals surface area contributed by atoms with Gasteiger partial charge in [0.1, 0.15) is 12.4 Å². The maximum Gasteiger partial charge on any atom is 0.326 e. The lowest BCUT2D eigenvalue weighted by Gasteiger charge is -2.29. The smallest absolute Gasteiger partial charge is 0.326 e. The van der Waals surface area contributed by atoms with Gasteiger partial charge in [-0.3, -0.25) is 9.59 Å². The average Bonchev–Trinajstić information content (AvgIpc) is 3.16. The van der Waals surface area contributed by atoms with Crippen molar-refractivity contribution in [3.05, 3.63) is 58.4 Å². The molecule has 3 aromatic rings. The first-order valence-electron chi connectivity index (χ1n) is 11.4. The molecular weight excluding hydrogens is 512 g/mol. The number of esters is 1. The van der Waals surface area contributed by atoms with Crippen molar-refractivity contribution in [1.29, 1.82) is 0 Å². The Labute approximate surface area is 210 Å². The van der Waals surface area contributed by atoms with Crippen molar-refractivity contribution in [2.24, 2.45) is 10.9 Å². The average molecular weight is 538 g/mol. The Bertz CT molecular complexity index is 1470. The fraction of sp³-hybridized carbons (Fsp3) is 0.375. The van der Waals surface area contributed by atoms with E-state index in [1.807, 2.05) is 6.92 Å². The predicted octanol–water partition coefficient (Wildman–Crippen LogP) is 3.38. The molecule has 4 rings (SSSR count). The topological polar surface area (TPSA) is 98.0 Å². The monoisotopic (exact) mass is 537 g/mol. The van der Waals surface area contributed by atoms with Crippen molar-refractivity contribution in [3.63, 3.8) is 0 Å². The van der Waals surface area contributed by atoms with Crippen molar-refractivity contribution in [2.75, 3.05) is 19.7 Å². The minimum absolute atomic E-state index is 0.0417. The summed E-state index contributed by atoms with van der Waals surface area (Å²) >= 11 is 0.889. The van der Waals surface area contributed by atoms with E-state index in [-0.39, 0.29) is 52.5 Å². The zero-order valence-corrected chi connectivity index (χ0v) is 21.4. The number of hydrogen-bond acceptors (Lipinski definition) is 6. The summed E-state index contributed by atoms with van der Waals surface area (Å²) in [6.45, 7) is 3.53. The van der Waals surface area contributed by atoms with Crippen LogP contribution in [0.2, 0.25) is 0 Å². The maximum absolute atomic E-state index is 14.6. The van der Waals surface area contributed by atoms with Crippen LogP contribution in [0, 0.1) is 24.5 Å². The molecule has 0 saturated carbocycles. The van der Waals surface area contributed by atoms with Crippen LogP contribution in [0.15, 0.2) is 46.3 Å². The second-order valence-corrected chi connectivity index (χ2v) is 11.4. The van der Waals surface area contributed by atoms with Gasteiger partial charge in [0.2, 0.25) is 10.0 Å². The summed E-state index contributed by atoms with van der Waals surface area (Å²) in [6, 6.07) is 8.39. The van der Waals surface area contributed by atoms with Gasteiger partial charge in [-0.25, -0.2) is 17.2 Å². The van der Waals surface area contributed by atoms with Gasteiger partial charge in [0.05, 0.1) is 21.7 Å². The number of benzene rings is 2. The molecule has 1 amide bonds. The van der Waals surface area contributed by atoms with Crippen LogP contribution in [0.3, 0.4) is 0 Å². The largest absolute Gasteiger partial charge is 0.465 e. The molecule has 192 valence electrons. The number of aryl methyl sites for hydroxylation is 1. The maximum atomic E-state index is 14.6. The van der Waals surface area contributed by atoms with Crippen LogP contribution in [0.5, 0.6) is 0 Å². The minimum Gasteiger partial charge on any atom is -0.465 e. The lowest BCUT2D eigenvalue weighted by atomic mass is 9.98. The molecule has 1 aliphatic heterocycles. The molecule has 0 aliphatic carbocycles. The van der Waals surface area contributed by atoms with Gasteiger partial charge in [-0.1, -0.05) is 29.0 Å². The number of piperidine rings is 1. The quantitative estimate of drug-likeness (QED) is 0.449. The van der Waals surface area contributed by atoms with E-state index in [2.05, 4.69) is 4.99 Å². The van der Waals surface area contributed by atoms with Gasteiger partial charge in [-0.05, 0) is 44.9 Å². The number of thiazole rings is 1.